The Hall–Kier alpha value is -2.61. The minimum Gasteiger partial charge on any atom is -0.460 e. The quantitative estimate of drug-likeness (QED) is 0.752. The number of benzene rings is 1. The van der Waals surface area contributed by atoms with Crippen molar-refractivity contribution in [1.82, 2.24) is 15.1 Å². The van der Waals surface area contributed by atoms with Gasteiger partial charge in [0.05, 0.1) is 6.54 Å². The van der Waals surface area contributed by atoms with Crippen molar-refractivity contribution < 1.29 is 23.9 Å². The van der Waals surface area contributed by atoms with Gasteiger partial charge in [0, 0.05) is 26.2 Å². The third-order valence-electron chi connectivity index (χ3n) is 4.59. The van der Waals surface area contributed by atoms with Gasteiger partial charge in [0.15, 0.2) is 0 Å². The number of nitrogens with one attached hydrogen (secondary N) is 1. The summed E-state index contributed by atoms with van der Waals surface area (Å²) in [4.78, 5) is 40.6. The van der Waals surface area contributed by atoms with Gasteiger partial charge in [0.1, 0.15) is 18.2 Å². The van der Waals surface area contributed by atoms with Gasteiger partial charge < -0.3 is 19.7 Å². The average molecular weight is 405 g/mol. The molecule has 0 radical (unpaired) electrons. The summed E-state index contributed by atoms with van der Waals surface area (Å²) in [6.07, 6.45) is -0.467. The maximum Gasteiger partial charge on any atom is 0.410 e. The summed E-state index contributed by atoms with van der Waals surface area (Å²) in [5.41, 5.74) is 0.268. The lowest BCUT2D eigenvalue weighted by Crippen LogP contribution is -2.64. The number of likely N-dealkylation sites (N-methyl/N-ethyl adjacent to an activating group) is 1. The van der Waals surface area contributed by atoms with Gasteiger partial charge in [-0.05, 0) is 33.3 Å². The number of rotatable bonds is 5. The molecule has 0 spiro atoms. The van der Waals surface area contributed by atoms with E-state index >= 15 is 0 Å². The first-order chi connectivity index (χ1) is 13.6. The lowest BCUT2D eigenvalue weighted by molar-refractivity contribution is -0.149. The molecular weight excluding hydrogens is 374 g/mol. The summed E-state index contributed by atoms with van der Waals surface area (Å²) in [7, 11) is 1.53. The van der Waals surface area contributed by atoms with Gasteiger partial charge in [0.25, 0.3) is 0 Å². The molecule has 1 aliphatic rings. The molecule has 1 fully saturated rings. The van der Waals surface area contributed by atoms with Crippen LogP contribution in [0, 0.1) is 0 Å². The van der Waals surface area contributed by atoms with Crippen LogP contribution < -0.4 is 5.32 Å². The fraction of sp³-hybridized carbons (Fsp3) is 0.571. The fourth-order valence-corrected chi connectivity index (χ4v) is 3.16. The molecule has 160 valence electrons. The number of amides is 2. The number of ether oxygens (including phenoxy) is 2. The standard InChI is InChI=1S/C21H31N3O5/c1-15-11-23(13-18(25)28-14-16-9-7-6-8-10-16)17(19(26)22-5)12-24(15)20(27)29-21(2,3)4/h6-10,15,17H,11-14H2,1-5H3,(H,22,26)/t15-,17-/m1/s1. The number of carbonyl (C=O) groups excluding carboxylic acids is 3. The van der Waals surface area contributed by atoms with Gasteiger partial charge in [0.2, 0.25) is 5.91 Å². The second-order valence-electron chi connectivity index (χ2n) is 8.19. The van der Waals surface area contributed by atoms with Gasteiger partial charge in [-0.25, -0.2) is 4.79 Å². The van der Waals surface area contributed by atoms with Crippen molar-refractivity contribution in [3.05, 3.63) is 35.9 Å². The molecule has 8 heteroatoms. The minimum atomic E-state index is -0.659. The van der Waals surface area contributed by atoms with Crippen molar-refractivity contribution in [3.63, 3.8) is 0 Å². The molecule has 8 nitrogen and oxygen atoms in total. The molecule has 0 bridgehead atoms. The van der Waals surface area contributed by atoms with E-state index in [9.17, 15) is 14.4 Å². The van der Waals surface area contributed by atoms with Crippen LogP contribution in [-0.2, 0) is 25.7 Å². The summed E-state index contributed by atoms with van der Waals surface area (Å²) in [6, 6.07) is 8.53. The molecule has 0 saturated carbocycles. The van der Waals surface area contributed by atoms with Gasteiger partial charge in [-0.2, -0.15) is 0 Å². The number of esters is 1. The lowest BCUT2D eigenvalue weighted by Gasteiger charge is -2.43. The van der Waals surface area contributed by atoms with Crippen molar-refractivity contribution in [3.8, 4) is 0 Å². The predicted molar refractivity (Wildman–Crippen MR) is 108 cm³/mol. The minimum absolute atomic E-state index is 0.0303. The smallest absolute Gasteiger partial charge is 0.410 e. The zero-order valence-corrected chi connectivity index (χ0v) is 17.8. The maximum absolute atomic E-state index is 12.5. The Balaban J connectivity index is 2.02. The average Bonchev–Trinajstić information content (AvgIpc) is 2.65. The molecule has 1 aromatic carbocycles. The molecule has 2 rings (SSSR count). The molecule has 29 heavy (non-hydrogen) atoms. The third-order valence-corrected chi connectivity index (χ3v) is 4.59. The van der Waals surface area contributed by atoms with Crippen LogP contribution in [0.1, 0.15) is 33.3 Å². The van der Waals surface area contributed by atoms with E-state index in [0.717, 1.165) is 5.56 Å². The first-order valence-corrected chi connectivity index (χ1v) is 9.75. The number of nitrogens with zero attached hydrogens (tertiary/aromatic N) is 2. The van der Waals surface area contributed by atoms with Crippen LogP contribution in [-0.4, -0.2) is 72.1 Å². The van der Waals surface area contributed by atoms with Crippen LogP contribution in [0.2, 0.25) is 0 Å². The van der Waals surface area contributed by atoms with Gasteiger partial charge in [-0.1, -0.05) is 30.3 Å². The van der Waals surface area contributed by atoms with Crippen LogP contribution in [0.3, 0.4) is 0 Å². The molecular formula is C21H31N3O5. The second-order valence-corrected chi connectivity index (χ2v) is 8.19. The maximum atomic E-state index is 12.5. The van der Waals surface area contributed by atoms with E-state index in [-0.39, 0.29) is 31.6 Å². The Morgan fingerprint density at radius 1 is 1.14 bits per heavy atom. The van der Waals surface area contributed by atoms with Crippen molar-refractivity contribution in [2.45, 2.75) is 52.0 Å². The molecule has 1 heterocycles. The SMILES string of the molecule is CNC(=O)[C@H]1CN(C(=O)OC(C)(C)C)[C@H](C)CN1CC(=O)OCc1ccccc1. The first kappa shape index (κ1) is 22.7. The van der Waals surface area contributed by atoms with E-state index in [1.54, 1.807) is 25.7 Å². The molecule has 0 aliphatic carbocycles. The molecule has 1 aliphatic heterocycles. The van der Waals surface area contributed by atoms with Crippen LogP contribution >= 0.6 is 0 Å². The summed E-state index contributed by atoms with van der Waals surface area (Å²) >= 11 is 0. The number of hydrogen-bond acceptors (Lipinski definition) is 6. The molecule has 2 atom stereocenters. The third kappa shape index (κ3) is 6.74. The van der Waals surface area contributed by atoms with E-state index in [4.69, 9.17) is 9.47 Å². The zero-order chi connectivity index (χ0) is 21.6. The Bertz CT molecular complexity index is 717. The molecule has 1 aromatic rings. The highest BCUT2D eigenvalue weighted by atomic mass is 16.6. The van der Waals surface area contributed by atoms with Gasteiger partial charge in [-0.15, -0.1) is 0 Å². The Morgan fingerprint density at radius 3 is 2.38 bits per heavy atom. The molecule has 0 unspecified atom stereocenters. The van der Waals surface area contributed by atoms with Crippen LogP contribution in [0.25, 0.3) is 0 Å². The topological polar surface area (TPSA) is 88.2 Å². The monoisotopic (exact) mass is 405 g/mol. The van der Waals surface area contributed by atoms with Crippen molar-refractivity contribution in [2.75, 3.05) is 26.7 Å². The van der Waals surface area contributed by atoms with Crippen LogP contribution in [0.15, 0.2) is 30.3 Å². The summed E-state index contributed by atoms with van der Waals surface area (Å²) in [6.45, 7) is 7.90. The summed E-state index contributed by atoms with van der Waals surface area (Å²) in [5.74, 6) is -0.679. The van der Waals surface area contributed by atoms with Crippen LogP contribution in [0.4, 0.5) is 4.79 Å². The zero-order valence-electron chi connectivity index (χ0n) is 17.8. The van der Waals surface area contributed by atoms with Gasteiger partial charge >= 0.3 is 12.1 Å². The van der Waals surface area contributed by atoms with Crippen molar-refractivity contribution >= 4 is 18.0 Å². The van der Waals surface area contributed by atoms with Crippen molar-refractivity contribution in [1.29, 1.82) is 0 Å². The molecule has 1 N–H and O–H groups in total. The van der Waals surface area contributed by atoms with E-state index in [0.29, 0.717) is 6.54 Å². The molecule has 2 amide bonds. The molecule has 1 saturated heterocycles. The highest BCUT2D eigenvalue weighted by Gasteiger charge is 2.40. The largest absolute Gasteiger partial charge is 0.460 e. The number of piperazine rings is 1. The second kappa shape index (κ2) is 9.73. The summed E-state index contributed by atoms with van der Waals surface area (Å²) < 4.78 is 10.8. The lowest BCUT2D eigenvalue weighted by atomic mass is 10.1. The fourth-order valence-electron chi connectivity index (χ4n) is 3.16. The molecule has 0 aromatic heterocycles. The number of carbonyl (C=O) groups is 3. The van der Waals surface area contributed by atoms with Gasteiger partial charge in [-0.3, -0.25) is 14.5 Å². The highest BCUT2D eigenvalue weighted by molar-refractivity contribution is 5.84. The summed E-state index contributed by atoms with van der Waals surface area (Å²) in [5, 5.41) is 2.61. The van der Waals surface area contributed by atoms with E-state index in [2.05, 4.69) is 5.32 Å². The Morgan fingerprint density at radius 2 is 1.79 bits per heavy atom. The predicted octanol–water partition coefficient (Wildman–Crippen LogP) is 1.79. The highest BCUT2D eigenvalue weighted by Crippen LogP contribution is 2.19. The number of hydrogen-bond donors (Lipinski definition) is 1. The van der Waals surface area contributed by atoms with E-state index < -0.39 is 23.7 Å². The normalized spacial score (nSPS) is 20.1. The Labute approximate surface area is 172 Å². The van der Waals surface area contributed by atoms with Crippen molar-refractivity contribution in [2.24, 2.45) is 0 Å². The van der Waals surface area contributed by atoms with Crippen LogP contribution in [0.5, 0.6) is 0 Å². The Kier molecular flexibility index (Phi) is 7.61. The first-order valence-electron chi connectivity index (χ1n) is 9.75. The van der Waals surface area contributed by atoms with E-state index in [1.165, 1.54) is 11.9 Å². The van der Waals surface area contributed by atoms with E-state index in [1.807, 2.05) is 37.3 Å².